The first-order valence-corrected chi connectivity index (χ1v) is 8.92. The largest absolute Gasteiger partial charge is 0.493 e. The number of fused-ring (bicyclic) bond motifs is 1. The minimum absolute atomic E-state index is 0.0378. The molecular formula is C20H18N2O7. The molecule has 0 unspecified atom stereocenters. The van der Waals surface area contributed by atoms with Gasteiger partial charge in [0, 0.05) is 12.6 Å². The standard InChI is InChI=1S/C20H18N2O7/c1-3-4-9-21-18(23)14-7-5-12(10-15(14)19(21)24)20(25)29-17-11-13(22(26)27)6-8-16(17)28-2/h5-8,10-11H,3-4,9H2,1-2H3. The molecule has 0 N–H and O–H groups in total. The molecule has 1 aliphatic rings. The summed E-state index contributed by atoms with van der Waals surface area (Å²) in [5.41, 5.74) is 0.132. The summed E-state index contributed by atoms with van der Waals surface area (Å²) in [4.78, 5) is 48.9. The van der Waals surface area contributed by atoms with E-state index in [-0.39, 0.29) is 33.9 Å². The molecule has 0 fully saturated rings. The Hall–Kier alpha value is -3.75. The maximum atomic E-state index is 12.5. The highest BCUT2D eigenvalue weighted by molar-refractivity contribution is 6.22. The van der Waals surface area contributed by atoms with Crippen LogP contribution in [0.4, 0.5) is 5.69 Å². The molecule has 2 aromatic carbocycles. The van der Waals surface area contributed by atoms with Crippen LogP contribution in [-0.4, -0.2) is 41.3 Å². The Balaban J connectivity index is 1.87. The van der Waals surface area contributed by atoms with Crippen LogP contribution in [0.3, 0.4) is 0 Å². The van der Waals surface area contributed by atoms with Gasteiger partial charge in [0.05, 0.1) is 34.8 Å². The number of amides is 2. The number of imide groups is 1. The van der Waals surface area contributed by atoms with E-state index in [1.807, 2.05) is 6.92 Å². The maximum Gasteiger partial charge on any atom is 0.343 e. The molecule has 2 aromatic rings. The molecule has 150 valence electrons. The van der Waals surface area contributed by atoms with E-state index >= 15 is 0 Å². The number of methoxy groups -OCH3 is 1. The minimum atomic E-state index is -0.834. The second kappa shape index (κ2) is 8.09. The average molecular weight is 398 g/mol. The van der Waals surface area contributed by atoms with Crippen LogP contribution in [0.15, 0.2) is 36.4 Å². The molecule has 0 atom stereocenters. The molecule has 0 saturated heterocycles. The van der Waals surface area contributed by atoms with Crippen molar-refractivity contribution in [3.05, 3.63) is 63.2 Å². The number of nitro benzene ring substituents is 1. The number of unbranched alkanes of at least 4 members (excludes halogenated alkanes) is 1. The van der Waals surface area contributed by atoms with Crippen LogP contribution in [0.5, 0.6) is 11.5 Å². The Bertz CT molecular complexity index is 1020. The van der Waals surface area contributed by atoms with Crippen molar-refractivity contribution >= 4 is 23.5 Å². The van der Waals surface area contributed by atoms with Gasteiger partial charge in [-0.3, -0.25) is 24.6 Å². The number of nitrogens with zero attached hydrogens (tertiary/aromatic N) is 2. The number of carbonyl (C=O) groups is 3. The van der Waals surface area contributed by atoms with Crippen LogP contribution in [0.2, 0.25) is 0 Å². The van der Waals surface area contributed by atoms with Crippen LogP contribution < -0.4 is 9.47 Å². The maximum absolute atomic E-state index is 12.5. The van der Waals surface area contributed by atoms with Gasteiger partial charge in [0.2, 0.25) is 0 Å². The number of hydrogen-bond acceptors (Lipinski definition) is 7. The van der Waals surface area contributed by atoms with Crippen molar-refractivity contribution in [1.29, 1.82) is 0 Å². The van der Waals surface area contributed by atoms with Gasteiger partial charge in [0.1, 0.15) is 0 Å². The van der Waals surface area contributed by atoms with Crippen molar-refractivity contribution in [1.82, 2.24) is 4.90 Å². The van der Waals surface area contributed by atoms with Gasteiger partial charge in [-0.25, -0.2) is 4.79 Å². The number of hydrogen-bond donors (Lipinski definition) is 0. The summed E-state index contributed by atoms with van der Waals surface area (Å²) in [5, 5.41) is 11.0. The number of nitro groups is 1. The van der Waals surface area contributed by atoms with Crippen molar-refractivity contribution in [3.8, 4) is 11.5 Å². The second-order valence-electron chi connectivity index (χ2n) is 6.36. The summed E-state index contributed by atoms with van der Waals surface area (Å²) in [6, 6.07) is 7.69. The lowest BCUT2D eigenvalue weighted by Gasteiger charge is -2.12. The van der Waals surface area contributed by atoms with Crippen LogP contribution in [-0.2, 0) is 0 Å². The SMILES string of the molecule is CCCCN1C(=O)c2ccc(C(=O)Oc3cc([N+](=O)[O-])ccc3OC)cc2C1=O. The lowest BCUT2D eigenvalue weighted by atomic mass is 10.1. The summed E-state index contributed by atoms with van der Waals surface area (Å²) < 4.78 is 10.3. The lowest BCUT2D eigenvalue weighted by molar-refractivity contribution is -0.384. The smallest absolute Gasteiger partial charge is 0.343 e. The van der Waals surface area contributed by atoms with E-state index in [1.165, 1.54) is 37.4 Å². The molecule has 0 aromatic heterocycles. The first-order chi connectivity index (χ1) is 13.9. The van der Waals surface area contributed by atoms with Gasteiger partial charge in [-0.1, -0.05) is 13.3 Å². The van der Waals surface area contributed by atoms with Crippen molar-refractivity contribution in [3.63, 3.8) is 0 Å². The topological polar surface area (TPSA) is 116 Å². The molecule has 0 spiro atoms. The number of ether oxygens (including phenoxy) is 2. The van der Waals surface area contributed by atoms with E-state index in [4.69, 9.17) is 9.47 Å². The Morgan fingerprint density at radius 2 is 1.79 bits per heavy atom. The lowest BCUT2D eigenvalue weighted by Crippen LogP contribution is -2.30. The Morgan fingerprint density at radius 1 is 1.07 bits per heavy atom. The molecule has 29 heavy (non-hydrogen) atoms. The fraction of sp³-hybridized carbons (Fsp3) is 0.250. The van der Waals surface area contributed by atoms with Crippen molar-refractivity contribution in [2.75, 3.05) is 13.7 Å². The molecule has 1 heterocycles. The van der Waals surface area contributed by atoms with E-state index in [0.29, 0.717) is 13.0 Å². The predicted molar refractivity (Wildman–Crippen MR) is 101 cm³/mol. The zero-order valence-electron chi connectivity index (χ0n) is 15.8. The molecule has 9 heteroatoms. The molecule has 0 bridgehead atoms. The fourth-order valence-electron chi connectivity index (χ4n) is 2.95. The normalized spacial score (nSPS) is 12.7. The van der Waals surface area contributed by atoms with Gasteiger partial charge in [-0.2, -0.15) is 0 Å². The van der Waals surface area contributed by atoms with Gasteiger partial charge in [-0.05, 0) is 30.7 Å². The zero-order valence-corrected chi connectivity index (χ0v) is 15.8. The van der Waals surface area contributed by atoms with Crippen LogP contribution in [0, 0.1) is 10.1 Å². The first-order valence-electron chi connectivity index (χ1n) is 8.92. The second-order valence-corrected chi connectivity index (χ2v) is 6.36. The minimum Gasteiger partial charge on any atom is -0.493 e. The molecule has 0 saturated carbocycles. The summed E-state index contributed by atoms with van der Waals surface area (Å²) in [6.45, 7) is 2.27. The van der Waals surface area contributed by atoms with Gasteiger partial charge < -0.3 is 9.47 Å². The quantitative estimate of drug-likeness (QED) is 0.231. The van der Waals surface area contributed by atoms with Gasteiger partial charge in [-0.15, -0.1) is 0 Å². The number of rotatable bonds is 7. The summed E-state index contributed by atoms with van der Waals surface area (Å²) in [6.07, 6.45) is 1.52. The third kappa shape index (κ3) is 3.79. The summed E-state index contributed by atoms with van der Waals surface area (Å²) in [7, 11) is 1.34. The highest BCUT2D eigenvalue weighted by atomic mass is 16.6. The van der Waals surface area contributed by atoms with E-state index in [1.54, 1.807) is 0 Å². The molecule has 2 amide bonds. The van der Waals surface area contributed by atoms with E-state index in [0.717, 1.165) is 17.4 Å². The number of non-ortho nitro benzene ring substituents is 1. The summed E-state index contributed by atoms with van der Waals surface area (Å²) >= 11 is 0. The number of esters is 1. The molecule has 1 aliphatic heterocycles. The van der Waals surface area contributed by atoms with Gasteiger partial charge in [0.25, 0.3) is 17.5 Å². The van der Waals surface area contributed by atoms with Crippen molar-refractivity contribution in [2.24, 2.45) is 0 Å². The van der Waals surface area contributed by atoms with Crippen molar-refractivity contribution < 1.29 is 28.8 Å². The van der Waals surface area contributed by atoms with Crippen molar-refractivity contribution in [2.45, 2.75) is 19.8 Å². The molecular weight excluding hydrogens is 380 g/mol. The van der Waals surface area contributed by atoms with Crippen LogP contribution in [0.25, 0.3) is 0 Å². The van der Waals surface area contributed by atoms with Crippen LogP contribution in [0.1, 0.15) is 50.8 Å². The molecule has 0 radical (unpaired) electrons. The number of carbonyl (C=O) groups excluding carboxylic acids is 3. The highest BCUT2D eigenvalue weighted by Crippen LogP contribution is 2.32. The van der Waals surface area contributed by atoms with Crippen LogP contribution >= 0.6 is 0 Å². The van der Waals surface area contributed by atoms with E-state index < -0.39 is 22.7 Å². The van der Waals surface area contributed by atoms with Gasteiger partial charge in [0.15, 0.2) is 11.5 Å². The number of benzene rings is 2. The fourth-order valence-corrected chi connectivity index (χ4v) is 2.95. The first kappa shape index (κ1) is 20.0. The van der Waals surface area contributed by atoms with Gasteiger partial charge >= 0.3 is 5.97 Å². The van der Waals surface area contributed by atoms with E-state index in [2.05, 4.69) is 0 Å². The Labute approximate surface area is 166 Å². The molecule has 0 aliphatic carbocycles. The third-order valence-electron chi connectivity index (χ3n) is 4.50. The highest BCUT2D eigenvalue weighted by Gasteiger charge is 2.35. The zero-order chi connectivity index (χ0) is 21.1. The Kier molecular flexibility index (Phi) is 5.58. The Morgan fingerprint density at radius 3 is 2.45 bits per heavy atom. The molecule has 9 nitrogen and oxygen atoms in total. The monoisotopic (exact) mass is 398 g/mol. The predicted octanol–water partition coefficient (Wildman–Crippen LogP) is 3.22. The molecule has 3 rings (SSSR count). The summed E-state index contributed by atoms with van der Waals surface area (Å²) in [5.74, 6) is -1.67. The van der Waals surface area contributed by atoms with E-state index in [9.17, 15) is 24.5 Å². The average Bonchev–Trinajstić information content (AvgIpc) is 2.95. The third-order valence-corrected chi connectivity index (χ3v) is 4.50.